The Kier molecular flexibility index (Phi) is 4.28. The maximum absolute atomic E-state index is 13.2. The molecule has 3 nitrogen and oxygen atoms in total. The lowest BCUT2D eigenvalue weighted by atomic mass is 10.1. The Morgan fingerprint density at radius 2 is 2.06 bits per heavy atom. The molecule has 0 bridgehead atoms. The van der Waals surface area contributed by atoms with E-state index < -0.39 is 24.5 Å². The van der Waals surface area contributed by atoms with Crippen LogP contribution in [0.1, 0.15) is 11.1 Å². The molecule has 1 aromatic rings. The minimum absolute atomic E-state index is 0.0351. The zero-order chi connectivity index (χ0) is 13.1. The third kappa shape index (κ3) is 3.56. The number of alkyl halides is 4. The van der Waals surface area contributed by atoms with Gasteiger partial charge in [-0.1, -0.05) is 15.9 Å². The number of pyridine rings is 1. The summed E-state index contributed by atoms with van der Waals surface area (Å²) in [5, 5.41) is 8.47. The standard InChI is InChI=1S/C9H5BrF4N2O/c10-3-6-5(1-2-15)8(16-4-7(6)11)17-9(12,13)14/h4H,1,3H2. The van der Waals surface area contributed by atoms with Crippen LogP contribution in [0.15, 0.2) is 6.20 Å². The molecule has 0 spiro atoms. The van der Waals surface area contributed by atoms with Crippen LogP contribution in [0.25, 0.3) is 0 Å². The van der Waals surface area contributed by atoms with Gasteiger partial charge in [0.15, 0.2) is 0 Å². The Bertz CT molecular complexity index is 456. The van der Waals surface area contributed by atoms with Gasteiger partial charge in [0, 0.05) is 16.5 Å². The summed E-state index contributed by atoms with van der Waals surface area (Å²) in [5.74, 6) is -1.59. The van der Waals surface area contributed by atoms with Gasteiger partial charge in [-0.2, -0.15) is 5.26 Å². The van der Waals surface area contributed by atoms with Crippen LogP contribution in [0.5, 0.6) is 5.88 Å². The van der Waals surface area contributed by atoms with Crippen LogP contribution >= 0.6 is 15.9 Å². The highest BCUT2D eigenvalue weighted by Crippen LogP contribution is 2.29. The Hall–Kier alpha value is -1.36. The molecule has 0 unspecified atom stereocenters. The second-order valence-corrected chi connectivity index (χ2v) is 3.45. The van der Waals surface area contributed by atoms with E-state index in [4.69, 9.17) is 5.26 Å². The van der Waals surface area contributed by atoms with E-state index in [1.807, 2.05) is 0 Å². The number of rotatable bonds is 3. The number of hydrogen-bond donors (Lipinski definition) is 0. The van der Waals surface area contributed by atoms with E-state index >= 15 is 0 Å². The van der Waals surface area contributed by atoms with Gasteiger partial charge in [0.2, 0.25) is 5.88 Å². The summed E-state index contributed by atoms with van der Waals surface area (Å²) in [7, 11) is 0. The van der Waals surface area contributed by atoms with Crippen molar-refractivity contribution < 1.29 is 22.3 Å². The lowest BCUT2D eigenvalue weighted by Gasteiger charge is -2.13. The number of ether oxygens (including phenoxy) is 1. The molecule has 92 valence electrons. The summed E-state index contributed by atoms with van der Waals surface area (Å²) in [4.78, 5) is 3.20. The van der Waals surface area contributed by atoms with Gasteiger partial charge in [-0.15, -0.1) is 13.2 Å². The lowest BCUT2D eigenvalue weighted by molar-refractivity contribution is -0.276. The van der Waals surface area contributed by atoms with Gasteiger partial charge >= 0.3 is 6.36 Å². The first-order chi connectivity index (χ1) is 7.89. The molecule has 0 saturated heterocycles. The second kappa shape index (κ2) is 5.31. The van der Waals surface area contributed by atoms with Crippen molar-refractivity contribution >= 4 is 15.9 Å². The summed E-state index contributed by atoms with van der Waals surface area (Å²) < 4.78 is 53.0. The molecule has 0 amide bonds. The minimum Gasteiger partial charge on any atom is -0.388 e. The van der Waals surface area contributed by atoms with E-state index in [0.717, 1.165) is 0 Å². The summed E-state index contributed by atoms with van der Waals surface area (Å²) in [6.07, 6.45) is -4.73. The van der Waals surface area contributed by atoms with Gasteiger partial charge in [-0.3, -0.25) is 0 Å². The molecule has 0 aliphatic carbocycles. The summed E-state index contributed by atoms with van der Waals surface area (Å²) >= 11 is 2.93. The zero-order valence-electron chi connectivity index (χ0n) is 8.18. The van der Waals surface area contributed by atoms with Crippen LogP contribution in [0.2, 0.25) is 0 Å². The molecular weight excluding hydrogens is 308 g/mol. The van der Waals surface area contributed by atoms with E-state index in [2.05, 4.69) is 25.7 Å². The summed E-state index contributed by atoms with van der Waals surface area (Å²) in [6, 6.07) is 1.64. The summed E-state index contributed by atoms with van der Waals surface area (Å²) in [6.45, 7) is 0. The lowest BCUT2D eigenvalue weighted by Crippen LogP contribution is -2.19. The molecule has 1 heterocycles. The topological polar surface area (TPSA) is 45.9 Å². The fourth-order valence-electron chi connectivity index (χ4n) is 1.15. The fraction of sp³-hybridized carbons (Fsp3) is 0.333. The largest absolute Gasteiger partial charge is 0.574 e. The fourth-order valence-corrected chi connectivity index (χ4v) is 1.75. The van der Waals surface area contributed by atoms with Crippen LogP contribution in [-0.2, 0) is 11.8 Å². The van der Waals surface area contributed by atoms with Crippen LogP contribution in [0, 0.1) is 17.1 Å². The van der Waals surface area contributed by atoms with Crippen LogP contribution in [0.4, 0.5) is 17.6 Å². The second-order valence-electron chi connectivity index (χ2n) is 2.88. The monoisotopic (exact) mass is 312 g/mol. The highest BCUT2D eigenvalue weighted by Gasteiger charge is 2.33. The minimum atomic E-state index is -4.93. The molecule has 1 aromatic heterocycles. The average molecular weight is 313 g/mol. The molecule has 0 aromatic carbocycles. The zero-order valence-corrected chi connectivity index (χ0v) is 9.77. The first-order valence-electron chi connectivity index (χ1n) is 4.24. The van der Waals surface area contributed by atoms with Gasteiger partial charge < -0.3 is 4.74 Å². The third-order valence-electron chi connectivity index (χ3n) is 1.81. The normalized spacial score (nSPS) is 11.1. The third-order valence-corrected chi connectivity index (χ3v) is 2.37. The van der Waals surface area contributed by atoms with E-state index in [1.54, 1.807) is 6.07 Å². The van der Waals surface area contributed by atoms with Crippen molar-refractivity contribution in [3.63, 3.8) is 0 Å². The van der Waals surface area contributed by atoms with Crippen LogP contribution < -0.4 is 4.74 Å². The Morgan fingerprint density at radius 1 is 1.41 bits per heavy atom. The molecule has 0 atom stereocenters. The van der Waals surface area contributed by atoms with Crippen molar-refractivity contribution in [1.82, 2.24) is 4.98 Å². The van der Waals surface area contributed by atoms with Crippen molar-refractivity contribution in [2.75, 3.05) is 0 Å². The van der Waals surface area contributed by atoms with E-state index in [0.29, 0.717) is 6.20 Å². The van der Waals surface area contributed by atoms with Gasteiger partial charge in [-0.05, 0) is 0 Å². The van der Waals surface area contributed by atoms with Crippen molar-refractivity contribution in [3.05, 3.63) is 23.1 Å². The summed E-state index contributed by atoms with van der Waals surface area (Å²) in [5.41, 5.74) is -0.275. The van der Waals surface area contributed by atoms with E-state index in [9.17, 15) is 17.6 Å². The maximum Gasteiger partial charge on any atom is 0.574 e. The first-order valence-corrected chi connectivity index (χ1v) is 5.36. The van der Waals surface area contributed by atoms with Gasteiger partial charge in [0.1, 0.15) is 5.82 Å². The van der Waals surface area contributed by atoms with Gasteiger partial charge in [-0.25, -0.2) is 9.37 Å². The molecule has 17 heavy (non-hydrogen) atoms. The number of hydrogen-bond acceptors (Lipinski definition) is 3. The van der Waals surface area contributed by atoms with Crippen molar-refractivity contribution in [2.24, 2.45) is 0 Å². The molecule has 1 rings (SSSR count). The van der Waals surface area contributed by atoms with Gasteiger partial charge in [0.05, 0.1) is 18.7 Å². The highest BCUT2D eigenvalue weighted by atomic mass is 79.9. The molecule has 0 fully saturated rings. The smallest absolute Gasteiger partial charge is 0.388 e. The number of aromatic nitrogens is 1. The van der Waals surface area contributed by atoms with Gasteiger partial charge in [0.25, 0.3) is 0 Å². The molecule has 8 heteroatoms. The Labute approximate surface area is 102 Å². The number of nitriles is 1. The quantitative estimate of drug-likeness (QED) is 0.636. The molecular formula is C9H5BrF4N2O. The van der Waals surface area contributed by atoms with Crippen LogP contribution in [0.3, 0.4) is 0 Å². The maximum atomic E-state index is 13.2. The Balaban J connectivity index is 3.26. The van der Waals surface area contributed by atoms with Crippen molar-refractivity contribution in [2.45, 2.75) is 18.1 Å². The van der Waals surface area contributed by atoms with E-state index in [1.165, 1.54) is 0 Å². The SMILES string of the molecule is N#CCc1c(OC(F)(F)F)ncc(F)c1CBr. The van der Waals surface area contributed by atoms with E-state index in [-0.39, 0.29) is 16.5 Å². The molecule has 0 N–H and O–H groups in total. The number of halogens is 5. The Morgan fingerprint density at radius 3 is 2.53 bits per heavy atom. The molecule has 0 aliphatic rings. The highest BCUT2D eigenvalue weighted by molar-refractivity contribution is 9.08. The molecule has 0 saturated carbocycles. The number of nitrogens with zero attached hydrogens (tertiary/aromatic N) is 2. The molecule has 0 aliphatic heterocycles. The van der Waals surface area contributed by atoms with Crippen molar-refractivity contribution in [1.29, 1.82) is 5.26 Å². The predicted octanol–water partition coefficient (Wildman–Crippen LogP) is 3.08. The average Bonchev–Trinajstić information content (AvgIpc) is 2.21. The van der Waals surface area contributed by atoms with Crippen LogP contribution in [-0.4, -0.2) is 11.3 Å². The van der Waals surface area contributed by atoms with Crippen molar-refractivity contribution in [3.8, 4) is 11.9 Å². The first kappa shape index (κ1) is 13.7. The predicted molar refractivity (Wildman–Crippen MR) is 52.8 cm³/mol. The molecule has 0 radical (unpaired) electrons.